The number of nitrogens with one attached hydrogen (secondary N) is 2. The molecule has 0 fully saturated rings. The van der Waals surface area contributed by atoms with Crippen LogP contribution in [0.3, 0.4) is 0 Å². The van der Waals surface area contributed by atoms with Crippen molar-refractivity contribution in [3.8, 4) is 0 Å². The quantitative estimate of drug-likeness (QED) is 0.642. The van der Waals surface area contributed by atoms with Crippen molar-refractivity contribution in [2.75, 3.05) is 11.9 Å². The molecule has 1 unspecified atom stereocenters. The molecule has 0 aromatic heterocycles. The van der Waals surface area contributed by atoms with Gasteiger partial charge in [0.1, 0.15) is 0 Å². The molecule has 0 heterocycles. The molecule has 1 aliphatic rings. The number of nitrogens with zero attached hydrogens (tertiary/aromatic N) is 1. The standard InChI is InChI=1S/C19H25N3O/c1-13(2)16-10-9-15(4)18(11-16)21-22-19(23)12-20-17-8-6-5-7-14(17)3/h5-9,16,20H,1,10-12H2,2-4H3,(H,22,23)/b21-18+. The van der Waals surface area contributed by atoms with E-state index in [1.54, 1.807) is 0 Å². The van der Waals surface area contributed by atoms with E-state index in [1.807, 2.05) is 45.0 Å². The van der Waals surface area contributed by atoms with Gasteiger partial charge in [-0.15, -0.1) is 0 Å². The van der Waals surface area contributed by atoms with Crippen molar-refractivity contribution in [2.24, 2.45) is 11.0 Å². The van der Waals surface area contributed by atoms with Crippen molar-refractivity contribution in [1.29, 1.82) is 0 Å². The lowest BCUT2D eigenvalue weighted by molar-refractivity contribution is -0.119. The molecule has 1 atom stereocenters. The summed E-state index contributed by atoms with van der Waals surface area (Å²) in [4.78, 5) is 12.0. The molecule has 0 spiro atoms. The zero-order chi connectivity index (χ0) is 16.8. The molecular weight excluding hydrogens is 286 g/mol. The monoisotopic (exact) mass is 311 g/mol. The Labute approximate surface area is 138 Å². The van der Waals surface area contributed by atoms with Gasteiger partial charge in [0.05, 0.1) is 12.3 Å². The highest BCUT2D eigenvalue weighted by Crippen LogP contribution is 2.26. The molecule has 2 N–H and O–H groups in total. The van der Waals surface area contributed by atoms with E-state index in [2.05, 4.69) is 28.5 Å². The second-order valence-corrected chi connectivity index (χ2v) is 6.13. The minimum Gasteiger partial charge on any atom is -0.376 e. The van der Waals surface area contributed by atoms with Gasteiger partial charge in [-0.2, -0.15) is 5.10 Å². The Hall–Kier alpha value is -2.36. The van der Waals surface area contributed by atoms with E-state index in [4.69, 9.17) is 0 Å². The lowest BCUT2D eigenvalue weighted by Crippen LogP contribution is -2.28. The second kappa shape index (κ2) is 7.77. The van der Waals surface area contributed by atoms with Crippen molar-refractivity contribution in [2.45, 2.75) is 33.6 Å². The first-order valence-electron chi connectivity index (χ1n) is 7.94. The first-order valence-corrected chi connectivity index (χ1v) is 7.94. The molecule has 1 aromatic carbocycles. The summed E-state index contributed by atoms with van der Waals surface area (Å²) in [5, 5.41) is 7.43. The molecule has 0 bridgehead atoms. The van der Waals surface area contributed by atoms with E-state index < -0.39 is 0 Å². The number of carbonyl (C=O) groups excluding carboxylic acids is 1. The van der Waals surface area contributed by atoms with Gasteiger partial charge in [-0.25, -0.2) is 5.43 Å². The third-order valence-electron chi connectivity index (χ3n) is 4.20. The van der Waals surface area contributed by atoms with E-state index in [0.717, 1.165) is 41.0 Å². The van der Waals surface area contributed by atoms with Gasteiger partial charge >= 0.3 is 0 Å². The topological polar surface area (TPSA) is 53.5 Å². The highest BCUT2D eigenvalue weighted by molar-refractivity contribution is 6.01. The van der Waals surface area contributed by atoms with Gasteiger partial charge in [0.25, 0.3) is 5.91 Å². The SMILES string of the molecule is C=C(C)C1CC=C(C)/C(=N/NC(=O)CNc2ccccc2C)C1. The Bertz CT molecular complexity index is 658. The molecule has 4 nitrogen and oxygen atoms in total. The smallest absolute Gasteiger partial charge is 0.259 e. The minimum atomic E-state index is -0.147. The van der Waals surface area contributed by atoms with Crippen LogP contribution in [0.4, 0.5) is 5.69 Å². The average molecular weight is 311 g/mol. The molecular formula is C19H25N3O. The van der Waals surface area contributed by atoms with Gasteiger partial charge in [-0.3, -0.25) is 4.79 Å². The van der Waals surface area contributed by atoms with E-state index in [-0.39, 0.29) is 12.5 Å². The van der Waals surface area contributed by atoms with Gasteiger partial charge in [0, 0.05) is 5.69 Å². The van der Waals surface area contributed by atoms with Crippen molar-refractivity contribution >= 4 is 17.3 Å². The first kappa shape index (κ1) is 17.0. The fraction of sp³-hybridized carbons (Fsp3) is 0.368. The van der Waals surface area contributed by atoms with Crippen LogP contribution in [0.25, 0.3) is 0 Å². The van der Waals surface area contributed by atoms with Crippen LogP contribution >= 0.6 is 0 Å². The zero-order valence-corrected chi connectivity index (χ0v) is 14.1. The normalized spacial score (nSPS) is 19.2. The lowest BCUT2D eigenvalue weighted by Gasteiger charge is -2.22. The highest BCUT2D eigenvalue weighted by atomic mass is 16.2. The average Bonchev–Trinajstić information content (AvgIpc) is 2.53. The Balaban J connectivity index is 1.90. The molecule has 4 heteroatoms. The highest BCUT2D eigenvalue weighted by Gasteiger charge is 2.18. The summed E-state index contributed by atoms with van der Waals surface area (Å²) in [6.07, 6.45) is 4.01. The van der Waals surface area contributed by atoms with Gasteiger partial charge in [0.15, 0.2) is 0 Å². The van der Waals surface area contributed by atoms with Crippen LogP contribution in [0.2, 0.25) is 0 Å². The van der Waals surface area contributed by atoms with E-state index in [0.29, 0.717) is 5.92 Å². The van der Waals surface area contributed by atoms with Crippen molar-refractivity contribution < 1.29 is 4.79 Å². The largest absolute Gasteiger partial charge is 0.376 e. The summed E-state index contributed by atoms with van der Waals surface area (Å²) in [7, 11) is 0. The molecule has 1 aromatic rings. The van der Waals surface area contributed by atoms with Crippen molar-refractivity contribution in [1.82, 2.24) is 5.43 Å². The molecule has 23 heavy (non-hydrogen) atoms. The van der Waals surface area contributed by atoms with Crippen LogP contribution in [0, 0.1) is 12.8 Å². The van der Waals surface area contributed by atoms with Gasteiger partial charge in [0.2, 0.25) is 0 Å². The van der Waals surface area contributed by atoms with E-state index >= 15 is 0 Å². The third kappa shape index (κ3) is 4.81. The summed E-state index contributed by atoms with van der Waals surface area (Å²) in [5.74, 6) is 0.269. The number of aryl methyl sites for hydroxylation is 1. The number of benzene rings is 1. The lowest BCUT2D eigenvalue weighted by atomic mass is 9.85. The maximum absolute atomic E-state index is 12.0. The number of hydrazone groups is 1. The molecule has 0 aliphatic heterocycles. The van der Waals surface area contributed by atoms with Crippen molar-refractivity contribution in [3.05, 3.63) is 53.6 Å². The third-order valence-corrected chi connectivity index (χ3v) is 4.20. The Morgan fingerprint density at radius 1 is 1.35 bits per heavy atom. The van der Waals surface area contributed by atoms with Crippen LogP contribution in [-0.2, 0) is 4.79 Å². The number of hydrogen-bond donors (Lipinski definition) is 2. The second-order valence-electron chi connectivity index (χ2n) is 6.13. The zero-order valence-electron chi connectivity index (χ0n) is 14.1. The number of rotatable bonds is 5. The minimum absolute atomic E-state index is 0.147. The summed E-state index contributed by atoms with van der Waals surface area (Å²) in [5.41, 5.74) is 7.96. The van der Waals surface area contributed by atoms with Gasteiger partial charge < -0.3 is 5.32 Å². The number of hydrogen-bond acceptors (Lipinski definition) is 3. The van der Waals surface area contributed by atoms with Crippen LogP contribution in [-0.4, -0.2) is 18.2 Å². The Morgan fingerprint density at radius 3 is 2.78 bits per heavy atom. The van der Waals surface area contributed by atoms with E-state index in [1.165, 1.54) is 0 Å². The Kier molecular flexibility index (Phi) is 5.74. The van der Waals surface area contributed by atoms with E-state index in [9.17, 15) is 4.79 Å². The number of amides is 1. The summed E-state index contributed by atoms with van der Waals surface area (Å²) in [6.45, 7) is 10.3. The summed E-state index contributed by atoms with van der Waals surface area (Å²) in [6, 6.07) is 7.89. The molecule has 0 saturated carbocycles. The molecule has 1 aliphatic carbocycles. The molecule has 0 radical (unpaired) electrons. The van der Waals surface area contributed by atoms with Gasteiger partial charge in [-0.05, 0) is 56.7 Å². The van der Waals surface area contributed by atoms with Crippen LogP contribution in [0.15, 0.2) is 53.2 Å². The van der Waals surface area contributed by atoms with Gasteiger partial charge in [-0.1, -0.05) is 36.4 Å². The number of anilines is 1. The van der Waals surface area contributed by atoms with Crippen molar-refractivity contribution in [3.63, 3.8) is 0 Å². The van der Waals surface area contributed by atoms with Crippen LogP contribution in [0.5, 0.6) is 0 Å². The predicted octanol–water partition coefficient (Wildman–Crippen LogP) is 3.81. The van der Waals surface area contributed by atoms with Crippen LogP contribution in [0.1, 0.15) is 32.3 Å². The molecule has 122 valence electrons. The fourth-order valence-electron chi connectivity index (χ4n) is 2.54. The molecule has 2 rings (SSSR count). The maximum atomic E-state index is 12.0. The summed E-state index contributed by atoms with van der Waals surface area (Å²) < 4.78 is 0. The number of carbonyl (C=O) groups is 1. The first-order chi connectivity index (χ1) is 11.0. The number of allylic oxidation sites excluding steroid dienone is 3. The molecule has 1 amide bonds. The molecule has 0 saturated heterocycles. The fourth-order valence-corrected chi connectivity index (χ4v) is 2.54. The maximum Gasteiger partial charge on any atom is 0.259 e. The number of para-hydroxylation sites is 1. The predicted molar refractivity (Wildman–Crippen MR) is 96.5 cm³/mol. The Morgan fingerprint density at radius 2 is 2.09 bits per heavy atom. The van der Waals surface area contributed by atoms with Crippen LogP contribution < -0.4 is 10.7 Å². The summed E-state index contributed by atoms with van der Waals surface area (Å²) >= 11 is 0.